The van der Waals surface area contributed by atoms with Crippen LogP contribution in [0.15, 0.2) is 84.9 Å². The van der Waals surface area contributed by atoms with Crippen LogP contribution < -0.4 is 0 Å². The van der Waals surface area contributed by atoms with E-state index in [1.54, 1.807) is 0 Å². The van der Waals surface area contributed by atoms with Gasteiger partial charge in [0.15, 0.2) is 12.6 Å². The first-order chi connectivity index (χ1) is 13.3. The summed E-state index contributed by atoms with van der Waals surface area (Å²) in [5.74, 6) is 0. The standard InChI is InChI=1S/C26H24N/c1-2-24-12-7-13-26-25-17-22(14-15-23(25)18-27(24)26)21-11-6-10-20(16-21)19-8-4-3-5-9-19/h3-11,13-17,24H,2,12,18H2,1H3/q+1. The molecule has 0 radical (unpaired) electrons. The van der Waals surface area contributed by atoms with Crippen molar-refractivity contribution in [2.75, 3.05) is 0 Å². The van der Waals surface area contributed by atoms with Gasteiger partial charge < -0.3 is 0 Å². The van der Waals surface area contributed by atoms with Gasteiger partial charge in [0, 0.05) is 24.5 Å². The molecule has 0 saturated carbocycles. The maximum absolute atomic E-state index is 2.59. The van der Waals surface area contributed by atoms with Gasteiger partial charge in [0.25, 0.3) is 0 Å². The summed E-state index contributed by atoms with van der Waals surface area (Å²) in [5, 5.41) is 0. The molecule has 5 rings (SSSR count). The largest absolute Gasteiger partial charge is 0.222 e. The third-order valence-corrected chi connectivity index (χ3v) is 5.93. The van der Waals surface area contributed by atoms with Gasteiger partial charge >= 0.3 is 0 Å². The number of benzene rings is 3. The van der Waals surface area contributed by atoms with E-state index < -0.39 is 0 Å². The molecule has 0 aromatic heterocycles. The molecule has 0 N–H and O–H groups in total. The van der Waals surface area contributed by atoms with E-state index >= 15 is 0 Å². The van der Waals surface area contributed by atoms with E-state index in [2.05, 4.69) is 96.4 Å². The van der Waals surface area contributed by atoms with Crippen molar-refractivity contribution in [1.29, 1.82) is 0 Å². The molecule has 0 fully saturated rings. The monoisotopic (exact) mass is 350 g/mol. The fourth-order valence-electron chi connectivity index (χ4n) is 4.43. The number of fused-ring (bicyclic) bond motifs is 2. The van der Waals surface area contributed by atoms with Crippen molar-refractivity contribution in [3.8, 4) is 22.3 Å². The molecule has 0 saturated heterocycles. The number of hydrogen-bond acceptors (Lipinski definition) is 0. The highest BCUT2D eigenvalue weighted by molar-refractivity contribution is 6.08. The van der Waals surface area contributed by atoms with Gasteiger partial charge in [-0.1, -0.05) is 73.7 Å². The van der Waals surface area contributed by atoms with Crippen molar-refractivity contribution < 1.29 is 4.58 Å². The third-order valence-electron chi connectivity index (χ3n) is 5.93. The van der Waals surface area contributed by atoms with Gasteiger partial charge in [0.1, 0.15) is 0 Å². The lowest BCUT2D eigenvalue weighted by Gasteiger charge is -2.14. The molecule has 3 aromatic rings. The lowest BCUT2D eigenvalue weighted by atomic mass is 9.95. The van der Waals surface area contributed by atoms with E-state index in [-0.39, 0.29) is 0 Å². The predicted octanol–water partition coefficient (Wildman–Crippen LogP) is 6.07. The lowest BCUT2D eigenvalue weighted by Crippen LogP contribution is -2.28. The van der Waals surface area contributed by atoms with Crippen molar-refractivity contribution in [2.24, 2.45) is 0 Å². The van der Waals surface area contributed by atoms with Gasteiger partial charge in [0.2, 0.25) is 5.71 Å². The van der Waals surface area contributed by atoms with Crippen LogP contribution in [0.2, 0.25) is 0 Å². The molecule has 2 aliphatic rings. The van der Waals surface area contributed by atoms with Gasteiger partial charge in [-0.05, 0) is 34.4 Å². The van der Waals surface area contributed by atoms with Crippen molar-refractivity contribution >= 4 is 5.71 Å². The summed E-state index contributed by atoms with van der Waals surface area (Å²) in [6.45, 7) is 3.35. The predicted molar refractivity (Wildman–Crippen MR) is 113 cm³/mol. The average molecular weight is 350 g/mol. The van der Waals surface area contributed by atoms with Gasteiger partial charge in [-0.2, -0.15) is 0 Å². The Kier molecular flexibility index (Phi) is 4.01. The Balaban J connectivity index is 1.56. The molecule has 1 nitrogen and oxygen atoms in total. The summed E-state index contributed by atoms with van der Waals surface area (Å²) in [7, 11) is 0. The summed E-state index contributed by atoms with van der Waals surface area (Å²) < 4.78 is 2.59. The molecule has 0 amide bonds. The quantitative estimate of drug-likeness (QED) is 0.504. The topological polar surface area (TPSA) is 3.01 Å². The van der Waals surface area contributed by atoms with E-state index in [4.69, 9.17) is 0 Å². The van der Waals surface area contributed by atoms with E-state index in [1.165, 1.54) is 51.9 Å². The van der Waals surface area contributed by atoms with Crippen LogP contribution in [0.25, 0.3) is 22.3 Å². The highest BCUT2D eigenvalue weighted by Crippen LogP contribution is 2.31. The second-order valence-electron chi connectivity index (χ2n) is 7.53. The molecule has 3 aromatic carbocycles. The van der Waals surface area contributed by atoms with Crippen LogP contribution in [0.3, 0.4) is 0 Å². The van der Waals surface area contributed by atoms with Gasteiger partial charge in [0.05, 0.1) is 5.56 Å². The zero-order valence-corrected chi connectivity index (χ0v) is 15.7. The highest BCUT2D eigenvalue weighted by Gasteiger charge is 2.34. The van der Waals surface area contributed by atoms with E-state index in [9.17, 15) is 0 Å². The summed E-state index contributed by atoms with van der Waals surface area (Å²) in [6.07, 6.45) is 7.04. The summed E-state index contributed by atoms with van der Waals surface area (Å²) in [6, 6.07) is 27.1. The van der Waals surface area contributed by atoms with Crippen molar-refractivity contribution in [1.82, 2.24) is 0 Å². The molecule has 0 spiro atoms. The van der Waals surface area contributed by atoms with Gasteiger partial charge in [-0.3, -0.25) is 0 Å². The Morgan fingerprint density at radius 1 is 0.815 bits per heavy atom. The van der Waals surface area contributed by atoms with Crippen LogP contribution in [0.4, 0.5) is 0 Å². The second-order valence-corrected chi connectivity index (χ2v) is 7.53. The van der Waals surface area contributed by atoms with Crippen LogP contribution >= 0.6 is 0 Å². The van der Waals surface area contributed by atoms with Crippen LogP contribution in [0, 0.1) is 0 Å². The Morgan fingerprint density at radius 3 is 2.37 bits per heavy atom. The number of rotatable bonds is 3. The lowest BCUT2D eigenvalue weighted by molar-refractivity contribution is -0.577. The number of nitrogens with zero attached hydrogens (tertiary/aromatic N) is 1. The summed E-state index contributed by atoms with van der Waals surface area (Å²) in [5.41, 5.74) is 9.39. The molecular formula is C26H24N+. The Bertz CT molecular complexity index is 1060. The Morgan fingerprint density at radius 2 is 1.56 bits per heavy atom. The molecule has 0 bridgehead atoms. The first kappa shape index (κ1) is 16.3. The number of hydrogen-bond donors (Lipinski definition) is 0. The molecule has 2 heterocycles. The average Bonchev–Trinajstić information content (AvgIpc) is 3.12. The van der Waals surface area contributed by atoms with E-state index in [0.717, 1.165) is 6.54 Å². The smallest absolute Gasteiger partial charge is 0.207 e. The van der Waals surface area contributed by atoms with E-state index in [1.807, 2.05) is 0 Å². The highest BCUT2D eigenvalue weighted by atomic mass is 15.1. The van der Waals surface area contributed by atoms with Crippen molar-refractivity contribution in [3.63, 3.8) is 0 Å². The zero-order chi connectivity index (χ0) is 18.2. The molecule has 27 heavy (non-hydrogen) atoms. The fourth-order valence-corrected chi connectivity index (χ4v) is 4.43. The summed E-state index contributed by atoms with van der Waals surface area (Å²) in [4.78, 5) is 0. The van der Waals surface area contributed by atoms with E-state index in [0.29, 0.717) is 6.04 Å². The van der Waals surface area contributed by atoms with Gasteiger partial charge in [-0.25, -0.2) is 4.58 Å². The van der Waals surface area contributed by atoms with Crippen molar-refractivity contribution in [3.05, 3.63) is 96.1 Å². The second kappa shape index (κ2) is 6.66. The van der Waals surface area contributed by atoms with Crippen LogP contribution in [-0.2, 0) is 6.54 Å². The van der Waals surface area contributed by atoms with Crippen molar-refractivity contribution in [2.45, 2.75) is 32.4 Å². The normalized spacial score (nSPS) is 17.7. The third kappa shape index (κ3) is 2.84. The molecule has 1 unspecified atom stereocenters. The zero-order valence-electron chi connectivity index (χ0n) is 15.7. The first-order valence-electron chi connectivity index (χ1n) is 9.93. The molecule has 1 heteroatoms. The molecular weight excluding hydrogens is 326 g/mol. The molecule has 132 valence electrons. The SMILES string of the molecule is CCC1CC=CC2=[N+]1Cc1ccc(-c3cccc(-c4ccccc4)c3)cc12. The fraction of sp³-hybridized carbons (Fsp3) is 0.192. The summed E-state index contributed by atoms with van der Waals surface area (Å²) >= 11 is 0. The molecule has 0 aliphatic carbocycles. The minimum Gasteiger partial charge on any atom is -0.222 e. The van der Waals surface area contributed by atoms with Crippen LogP contribution in [-0.4, -0.2) is 16.3 Å². The van der Waals surface area contributed by atoms with Gasteiger partial charge in [-0.15, -0.1) is 0 Å². The maximum Gasteiger partial charge on any atom is 0.207 e. The Labute approximate surface area is 161 Å². The molecule has 1 atom stereocenters. The van der Waals surface area contributed by atoms with Crippen LogP contribution in [0.5, 0.6) is 0 Å². The number of allylic oxidation sites excluding steroid dienone is 1. The maximum atomic E-state index is 2.59. The minimum absolute atomic E-state index is 0.641. The van der Waals surface area contributed by atoms with Crippen LogP contribution in [0.1, 0.15) is 30.9 Å². The minimum atomic E-state index is 0.641. The first-order valence-corrected chi connectivity index (χ1v) is 9.93. The Hall–Kier alpha value is -2.93. The molecule has 2 aliphatic heterocycles.